The highest BCUT2D eigenvalue weighted by Crippen LogP contribution is 2.30. The lowest BCUT2D eigenvalue weighted by Crippen LogP contribution is -2.41. The fraction of sp³-hybridized carbons (Fsp3) is 0.474. The Morgan fingerprint density at radius 3 is 2.33 bits per heavy atom. The van der Waals surface area contributed by atoms with Gasteiger partial charge >= 0.3 is 0 Å². The zero-order valence-corrected chi connectivity index (χ0v) is 15.5. The van der Waals surface area contributed by atoms with Crippen LogP contribution < -0.4 is 4.90 Å². The Bertz CT molecular complexity index is 660. The number of carbonyl (C=O) groups excluding carboxylic acids is 1. The van der Waals surface area contributed by atoms with E-state index in [9.17, 15) is 4.79 Å². The number of amides is 1. The van der Waals surface area contributed by atoms with Gasteiger partial charge in [0.1, 0.15) is 5.70 Å². The van der Waals surface area contributed by atoms with Gasteiger partial charge in [0.15, 0.2) is 5.11 Å². The van der Waals surface area contributed by atoms with Gasteiger partial charge in [-0.15, -0.1) is 0 Å². The summed E-state index contributed by atoms with van der Waals surface area (Å²) in [5.74, 6) is 0.0473. The van der Waals surface area contributed by atoms with E-state index < -0.39 is 0 Å². The second kappa shape index (κ2) is 6.93. The van der Waals surface area contributed by atoms with Crippen LogP contribution in [-0.4, -0.2) is 48.0 Å². The first-order chi connectivity index (χ1) is 11.5. The van der Waals surface area contributed by atoms with Crippen LogP contribution in [0.1, 0.15) is 37.7 Å². The van der Waals surface area contributed by atoms with Crippen LogP contribution in [0.4, 0.5) is 5.69 Å². The minimum absolute atomic E-state index is 0.0473. The highest BCUT2D eigenvalue weighted by atomic mass is 32.1. The van der Waals surface area contributed by atoms with Gasteiger partial charge in [-0.1, -0.05) is 31.4 Å². The molecule has 1 amide bonds. The van der Waals surface area contributed by atoms with Crippen molar-refractivity contribution >= 4 is 35.0 Å². The Morgan fingerprint density at radius 2 is 1.75 bits per heavy atom. The number of carbonyl (C=O) groups is 1. The normalized spacial score (nSPS) is 21.0. The van der Waals surface area contributed by atoms with Crippen molar-refractivity contribution in [3.05, 3.63) is 35.5 Å². The molecular formula is C19H25N3OS. The molecule has 0 atom stereocenters. The number of nitrogens with zero attached hydrogens (tertiary/aromatic N) is 3. The molecule has 5 heteroatoms. The molecule has 0 radical (unpaired) electrons. The molecule has 1 aliphatic carbocycles. The second-order valence-electron chi connectivity index (χ2n) is 6.82. The summed E-state index contributed by atoms with van der Waals surface area (Å²) in [5.41, 5.74) is 2.83. The van der Waals surface area contributed by atoms with Crippen molar-refractivity contribution in [2.24, 2.45) is 0 Å². The molecule has 0 aromatic heterocycles. The van der Waals surface area contributed by atoms with Crippen LogP contribution >= 0.6 is 12.2 Å². The van der Waals surface area contributed by atoms with Crippen molar-refractivity contribution in [3.63, 3.8) is 0 Å². The summed E-state index contributed by atoms with van der Waals surface area (Å²) in [6, 6.07) is 8.46. The lowest BCUT2D eigenvalue weighted by Gasteiger charge is -2.30. The molecule has 3 rings (SSSR count). The summed E-state index contributed by atoms with van der Waals surface area (Å²) >= 11 is 5.55. The van der Waals surface area contributed by atoms with E-state index in [-0.39, 0.29) is 11.9 Å². The van der Waals surface area contributed by atoms with E-state index in [2.05, 4.69) is 17.0 Å². The summed E-state index contributed by atoms with van der Waals surface area (Å²) in [7, 11) is 5.92. The van der Waals surface area contributed by atoms with Gasteiger partial charge < -0.3 is 9.80 Å². The Kier molecular flexibility index (Phi) is 4.90. The quantitative estimate of drug-likeness (QED) is 0.620. The molecule has 0 bridgehead atoms. The molecular weight excluding hydrogens is 318 g/mol. The van der Waals surface area contributed by atoms with Crippen LogP contribution in [0, 0.1) is 0 Å². The molecule has 1 aromatic carbocycles. The molecule has 2 fully saturated rings. The Hall–Kier alpha value is -1.88. The van der Waals surface area contributed by atoms with Crippen LogP contribution in [0.3, 0.4) is 0 Å². The van der Waals surface area contributed by atoms with Crippen molar-refractivity contribution in [1.82, 2.24) is 9.80 Å². The third-order valence-corrected chi connectivity index (χ3v) is 5.42. The van der Waals surface area contributed by atoms with Gasteiger partial charge in [0.25, 0.3) is 5.91 Å². The fourth-order valence-electron chi connectivity index (χ4n) is 3.46. The average Bonchev–Trinajstić information content (AvgIpc) is 2.80. The number of rotatable bonds is 3. The molecule has 24 heavy (non-hydrogen) atoms. The van der Waals surface area contributed by atoms with Crippen LogP contribution in [-0.2, 0) is 4.79 Å². The molecule has 1 heterocycles. The molecule has 128 valence electrons. The van der Waals surface area contributed by atoms with Gasteiger partial charge in [-0.2, -0.15) is 0 Å². The monoisotopic (exact) mass is 343 g/mol. The van der Waals surface area contributed by atoms with Crippen molar-refractivity contribution < 1.29 is 4.79 Å². The lowest BCUT2D eigenvalue weighted by molar-refractivity contribution is -0.124. The zero-order chi connectivity index (χ0) is 17.3. The molecule has 1 saturated heterocycles. The number of thiocarbonyl (C=S) groups is 1. The van der Waals surface area contributed by atoms with E-state index in [0.717, 1.165) is 24.1 Å². The van der Waals surface area contributed by atoms with Gasteiger partial charge in [0, 0.05) is 32.9 Å². The van der Waals surface area contributed by atoms with E-state index in [1.807, 2.05) is 49.2 Å². The van der Waals surface area contributed by atoms with E-state index in [1.165, 1.54) is 19.3 Å². The molecule has 4 nitrogen and oxygen atoms in total. The summed E-state index contributed by atoms with van der Waals surface area (Å²) in [6.45, 7) is 0. The van der Waals surface area contributed by atoms with Gasteiger partial charge in [-0.05, 0) is 48.8 Å². The average molecular weight is 343 g/mol. The molecule has 0 unspecified atom stereocenters. The largest absolute Gasteiger partial charge is 0.378 e. The third-order valence-electron chi connectivity index (χ3n) is 4.95. The predicted molar refractivity (Wildman–Crippen MR) is 103 cm³/mol. The van der Waals surface area contributed by atoms with Crippen molar-refractivity contribution in [2.75, 3.05) is 26.0 Å². The molecule has 2 aliphatic rings. The maximum absolute atomic E-state index is 12.9. The fourth-order valence-corrected chi connectivity index (χ4v) is 3.80. The van der Waals surface area contributed by atoms with Gasteiger partial charge in [-0.3, -0.25) is 9.69 Å². The second-order valence-corrected chi connectivity index (χ2v) is 7.19. The number of benzene rings is 1. The number of hydrogen-bond donors (Lipinski definition) is 0. The highest BCUT2D eigenvalue weighted by Gasteiger charge is 2.40. The van der Waals surface area contributed by atoms with Crippen LogP contribution in [0.25, 0.3) is 6.08 Å². The van der Waals surface area contributed by atoms with Crippen molar-refractivity contribution in [3.8, 4) is 0 Å². The number of anilines is 1. The lowest BCUT2D eigenvalue weighted by atomic mass is 9.94. The Balaban J connectivity index is 1.84. The standard InChI is InChI=1S/C19H25N3OS/c1-20(2)15-11-9-14(10-12-15)13-17-18(23)22(19(24)21(17)3)16-7-5-4-6-8-16/h9-13,16H,4-8H2,1-3H3/b17-13-. The van der Waals surface area contributed by atoms with Crippen LogP contribution in [0.2, 0.25) is 0 Å². The first-order valence-corrected chi connectivity index (χ1v) is 9.00. The Morgan fingerprint density at radius 1 is 1.12 bits per heavy atom. The zero-order valence-electron chi connectivity index (χ0n) is 14.7. The predicted octanol–water partition coefficient (Wildman–Crippen LogP) is 3.49. The summed E-state index contributed by atoms with van der Waals surface area (Å²) in [5, 5.41) is 0.642. The topological polar surface area (TPSA) is 26.8 Å². The van der Waals surface area contributed by atoms with Crippen LogP contribution in [0.5, 0.6) is 0 Å². The minimum atomic E-state index is 0.0473. The van der Waals surface area contributed by atoms with Gasteiger partial charge in [0.2, 0.25) is 0 Å². The molecule has 1 aliphatic heterocycles. The highest BCUT2D eigenvalue weighted by molar-refractivity contribution is 7.80. The SMILES string of the molecule is CN1C(=S)N(C2CCCCC2)C(=O)/C1=C/c1ccc(N(C)C)cc1. The first-order valence-electron chi connectivity index (χ1n) is 8.59. The Labute approximate surface area is 149 Å². The molecule has 0 N–H and O–H groups in total. The molecule has 1 saturated carbocycles. The van der Waals surface area contributed by atoms with E-state index >= 15 is 0 Å². The maximum Gasteiger partial charge on any atom is 0.277 e. The number of likely N-dealkylation sites (N-methyl/N-ethyl adjacent to an activating group) is 1. The molecule has 0 spiro atoms. The summed E-state index contributed by atoms with van der Waals surface area (Å²) in [6.07, 6.45) is 7.70. The van der Waals surface area contributed by atoms with Gasteiger partial charge in [-0.25, -0.2) is 0 Å². The minimum Gasteiger partial charge on any atom is -0.378 e. The van der Waals surface area contributed by atoms with E-state index in [0.29, 0.717) is 10.8 Å². The third kappa shape index (κ3) is 3.18. The smallest absolute Gasteiger partial charge is 0.277 e. The number of hydrogen-bond acceptors (Lipinski definition) is 3. The van der Waals surface area contributed by atoms with E-state index in [4.69, 9.17) is 12.2 Å². The summed E-state index contributed by atoms with van der Waals surface area (Å²) in [4.78, 5) is 18.7. The first kappa shape index (κ1) is 17.0. The van der Waals surface area contributed by atoms with Crippen molar-refractivity contribution in [2.45, 2.75) is 38.1 Å². The molecule has 1 aromatic rings. The van der Waals surface area contributed by atoms with E-state index in [1.54, 1.807) is 0 Å². The van der Waals surface area contributed by atoms with Gasteiger partial charge in [0.05, 0.1) is 0 Å². The maximum atomic E-state index is 12.9. The van der Waals surface area contributed by atoms with Crippen molar-refractivity contribution in [1.29, 1.82) is 0 Å². The van der Waals surface area contributed by atoms with Crippen LogP contribution in [0.15, 0.2) is 30.0 Å². The summed E-state index contributed by atoms with van der Waals surface area (Å²) < 4.78 is 0.